The Bertz CT molecular complexity index is 1150. The van der Waals surface area contributed by atoms with Crippen molar-refractivity contribution in [1.29, 1.82) is 0 Å². The minimum absolute atomic E-state index is 0.0973. The first-order chi connectivity index (χ1) is 17.7. The normalized spacial score (nSPS) is 12.5. The maximum atomic E-state index is 13.8. The maximum absolute atomic E-state index is 13.8. The summed E-state index contributed by atoms with van der Waals surface area (Å²) >= 11 is 0. The largest absolute Gasteiger partial charge is 0.317 e. The minimum atomic E-state index is -4.09. The molecule has 210 valence electrons. The Morgan fingerprint density at radius 1 is 0.757 bits per heavy atom. The highest BCUT2D eigenvalue weighted by Crippen LogP contribution is 2.29. The van der Waals surface area contributed by atoms with Crippen LogP contribution in [0.5, 0.6) is 0 Å². The molecule has 1 heterocycles. The van der Waals surface area contributed by atoms with Gasteiger partial charge < -0.3 is 5.32 Å². The summed E-state index contributed by atoms with van der Waals surface area (Å²) in [6.45, 7) is 7.31. The van der Waals surface area contributed by atoms with Crippen LogP contribution in [0.3, 0.4) is 0 Å². The van der Waals surface area contributed by atoms with Crippen molar-refractivity contribution in [3.63, 3.8) is 0 Å². The number of pyridine rings is 1. The number of unbranched alkanes of at least 4 members (excludes halogenated alkanes) is 9. The van der Waals surface area contributed by atoms with Crippen LogP contribution < -0.4 is 10.5 Å². The van der Waals surface area contributed by atoms with Crippen LogP contribution in [0.4, 0.5) is 0 Å². The highest BCUT2D eigenvalue weighted by atomic mass is 32.2. The highest BCUT2D eigenvalue weighted by molar-refractivity contribution is 7.89. The maximum Gasteiger partial charge on any atom is 0.256 e. The molecule has 0 spiro atoms. The molecular formula is C27H46N4O4S2. The summed E-state index contributed by atoms with van der Waals surface area (Å²) in [7, 11) is -7.92. The van der Waals surface area contributed by atoms with E-state index in [1.54, 1.807) is 22.5 Å². The Balaban J connectivity index is 2.06. The second-order valence-corrected chi connectivity index (χ2v) is 13.1. The fraction of sp³-hybridized carbons (Fsp3) is 0.667. The topological polar surface area (TPSA) is 122 Å². The lowest BCUT2D eigenvalue weighted by Crippen LogP contribution is -2.33. The van der Waals surface area contributed by atoms with E-state index in [1.807, 2.05) is 0 Å². The van der Waals surface area contributed by atoms with E-state index in [0.29, 0.717) is 18.5 Å². The number of nitrogens with zero attached hydrogens (tertiary/aromatic N) is 2. The molecule has 2 rings (SSSR count). The first-order valence-electron chi connectivity index (χ1n) is 13.8. The van der Waals surface area contributed by atoms with Gasteiger partial charge in [0.2, 0.25) is 10.0 Å². The first-order valence-corrected chi connectivity index (χ1v) is 16.8. The van der Waals surface area contributed by atoms with Crippen molar-refractivity contribution in [3.8, 4) is 0 Å². The lowest BCUT2D eigenvalue weighted by atomic mass is 10.1. The van der Waals surface area contributed by atoms with Crippen LogP contribution in [0, 0.1) is 0 Å². The van der Waals surface area contributed by atoms with Gasteiger partial charge in [-0.2, -0.15) is 4.31 Å². The van der Waals surface area contributed by atoms with Crippen LogP contribution in [0.1, 0.15) is 90.9 Å². The van der Waals surface area contributed by atoms with E-state index < -0.39 is 20.0 Å². The molecule has 2 aromatic rings. The van der Waals surface area contributed by atoms with E-state index in [9.17, 15) is 16.8 Å². The summed E-state index contributed by atoms with van der Waals surface area (Å²) in [4.78, 5) is 4.00. The van der Waals surface area contributed by atoms with E-state index >= 15 is 0 Å². The monoisotopic (exact) mass is 554 g/mol. The molecule has 8 nitrogen and oxygen atoms in total. The van der Waals surface area contributed by atoms with Gasteiger partial charge in [-0.15, -0.1) is 0 Å². The lowest BCUT2D eigenvalue weighted by molar-refractivity contribution is 0.385. The number of benzene rings is 1. The van der Waals surface area contributed by atoms with Crippen molar-refractivity contribution < 1.29 is 16.8 Å². The Labute approximate surface area is 224 Å². The number of nitrogens with one attached hydrogen (secondary N) is 1. The van der Waals surface area contributed by atoms with E-state index in [4.69, 9.17) is 5.14 Å². The van der Waals surface area contributed by atoms with Crippen LogP contribution in [-0.2, 0) is 20.0 Å². The third kappa shape index (κ3) is 10.2. The average Bonchev–Trinajstić information content (AvgIpc) is 2.87. The molecular weight excluding hydrogens is 508 g/mol. The highest BCUT2D eigenvalue weighted by Gasteiger charge is 2.27. The van der Waals surface area contributed by atoms with Gasteiger partial charge in [0.25, 0.3) is 10.0 Å². The Morgan fingerprint density at radius 2 is 1.32 bits per heavy atom. The third-order valence-corrected chi connectivity index (χ3v) is 9.42. The number of hydrogen-bond donors (Lipinski definition) is 2. The van der Waals surface area contributed by atoms with Gasteiger partial charge in [0.15, 0.2) is 5.03 Å². The molecule has 0 aliphatic rings. The van der Waals surface area contributed by atoms with Crippen LogP contribution >= 0.6 is 0 Å². The van der Waals surface area contributed by atoms with Gasteiger partial charge in [-0.25, -0.2) is 27.0 Å². The second kappa shape index (κ2) is 16.4. The molecule has 1 aromatic heterocycles. The van der Waals surface area contributed by atoms with Gasteiger partial charge >= 0.3 is 0 Å². The summed E-state index contributed by atoms with van der Waals surface area (Å²) in [6, 6.07) is 6.18. The van der Waals surface area contributed by atoms with Crippen molar-refractivity contribution in [1.82, 2.24) is 14.6 Å². The third-order valence-electron chi connectivity index (χ3n) is 6.60. The Kier molecular flexibility index (Phi) is 14.0. The standard InChI is InChI=1S/C27H46N4O4S2/c1-3-5-7-11-19-29-20-12-9-10-14-23-31(22-13-8-6-4-2)37(34,35)26-17-15-16-25-24(26)18-21-30-27(25)36(28,32)33/h15-18,21,29H,3-14,19-20,22-23H2,1-2H3,(H2,28,32,33). The summed E-state index contributed by atoms with van der Waals surface area (Å²) in [6.07, 6.45) is 14.2. The molecule has 0 atom stereocenters. The van der Waals surface area contributed by atoms with Crippen LogP contribution in [0.25, 0.3) is 10.8 Å². The number of nitrogens with two attached hydrogens (primary N) is 1. The molecule has 3 N–H and O–H groups in total. The van der Waals surface area contributed by atoms with Gasteiger partial charge in [0, 0.05) is 30.1 Å². The van der Waals surface area contributed by atoms with E-state index in [1.165, 1.54) is 37.9 Å². The zero-order valence-corrected chi connectivity index (χ0v) is 24.3. The fourth-order valence-electron chi connectivity index (χ4n) is 4.50. The predicted molar refractivity (Wildman–Crippen MR) is 151 cm³/mol. The fourth-order valence-corrected chi connectivity index (χ4v) is 6.92. The Hall–Kier alpha value is -1.59. The predicted octanol–water partition coefficient (Wildman–Crippen LogP) is 5.18. The van der Waals surface area contributed by atoms with Crippen molar-refractivity contribution >= 4 is 30.8 Å². The molecule has 1 aromatic carbocycles. The first kappa shape index (κ1) is 31.6. The van der Waals surface area contributed by atoms with E-state index in [2.05, 4.69) is 24.1 Å². The van der Waals surface area contributed by atoms with Crippen molar-refractivity contribution in [3.05, 3.63) is 30.5 Å². The molecule has 37 heavy (non-hydrogen) atoms. The van der Waals surface area contributed by atoms with Gasteiger partial charge in [0.1, 0.15) is 0 Å². The molecule has 0 aliphatic carbocycles. The summed E-state index contributed by atoms with van der Waals surface area (Å²) in [5.74, 6) is 0. The van der Waals surface area contributed by atoms with Gasteiger partial charge in [0.05, 0.1) is 4.90 Å². The van der Waals surface area contributed by atoms with Crippen molar-refractivity contribution in [2.75, 3.05) is 26.2 Å². The van der Waals surface area contributed by atoms with Gasteiger partial charge in [-0.1, -0.05) is 77.3 Å². The van der Waals surface area contributed by atoms with E-state index in [-0.39, 0.29) is 15.3 Å². The van der Waals surface area contributed by atoms with Crippen LogP contribution in [0.2, 0.25) is 0 Å². The number of aromatic nitrogens is 1. The SMILES string of the molecule is CCCCCCNCCCCCCN(CCCCCC)S(=O)(=O)c1cccc2c(S(N)(=O)=O)nccc12. The summed E-state index contributed by atoms with van der Waals surface area (Å²) in [5, 5.41) is 9.07. The average molecular weight is 555 g/mol. The molecule has 0 unspecified atom stereocenters. The van der Waals surface area contributed by atoms with Crippen molar-refractivity contribution in [2.45, 2.75) is 101 Å². The van der Waals surface area contributed by atoms with Gasteiger partial charge in [-0.05, 0) is 50.9 Å². The molecule has 0 amide bonds. The molecule has 0 bridgehead atoms. The quantitative estimate of drug-likeness (QED) is 0.217. The molecule has 10 heteroatoms. The molecule has 0 aliphatic heterocycles. The lowest BCUT2D eigenvalue weighted by Gasteiger charge is -2.23. The van der Waals surface area contributed by atoms with Gasteiger partial charge in [-0.3, -0.25) is 0 Å². The summed E-state index contributed by atoms with van der Waals surface area (Å²) < 4.78 is 53.2. The molecule has 0 radical (unpaired) electrons. The number of sulfonamides is 2. The number of hydrogen-bond acceptors (Lipinski definition) is 6. The molecule has 0 fully saturated rings. The summed E-state index contributed by atoms with van der Waals surface area (Å²) in [5.41, 5.74) is 0. The number of primary sulfonamides is 1. The van der Waals surface area contributed by atoms with Crippen LogP contribution in [0.15, 0.2) is 40.4 Å². The van der Waals surface area contributed by atoms with Crippen molar-refractivity contribution in [2.24, 2.45) is 5.14 Å². The van der Waals surface area contributed by atoms with E-state index in [0.717, 1.165) is 64.5 Å². The minimum Gasteiger partial charge on any atom is -0.317 e. The zero-order valence-electron chi connectivity index (χ0n) is 22.6. The Morgan fingerprint density at radius 3 is 1.92 bits per heavy atom. The molecule has 0 saturated carbocycles. The zero-order chi connectivity index (χ0) is 27.2. The number of fused-ring (bicyclic) bond motifs is 1. The van der Waals surface area contributed by atoms with Crippen LogP contribution in [-0.4, -0.2) is 52.3 Å². The number of rotatable bonds is 20. The molecule has 0 saturated heterocycles. The second-order valence-electron chi connectivity index (χ2n) is 9.70. The smallest absolute Gasteiger partial charge is 0.256 e.